The van der Waals surface area contributed by atoms with E-state index in [1.54, 1.807) is 25.1 Å². The fourth-order valence-corrected chi connectivity index (χ4v) is 2.85. The maximum absolute atomic E-state index is 11.6. The van der Waals surface area contributed by atoms with Gasteiger partial charge in [0.2, 0.25) is 0 Å². The quantitative estimate of drug-likeness (QED) is 0.879. The van der Waals surface area contributed by atoms with Gasteiger partial charge in [0.25, 0.3) is 5.56 Å². The van der Waals surface area contributed by atoms with Crippen molar-refractivity contribution in [1.29, 1.82) is 0 Å². The van der Waals surface area contributed by atoms with Crippen molar-refractivity contribution in [1.82, 2.24) is 14.9 Å². The average Bonchev–Trinajstić information content (AvgIpc) is 2.54. The van der Waals surface area contributed by atoms with Crippen molar-refractivity contribution in [2.24, 2.45) is 0 Å². The summed E-state index contributed by atoms with van der Waals surface area (Å²) in [7, 11) is 0. The Morgan fingerprint density at radius 1 is 1.46 bits per heavy atom. The number of nitrogens with zero attached hydrogens (tertiary/aromatic N) is 2. The Morgan fingerprint density at radius 3 is 3.04 bits per heavy atom. The predicted octanol–water partition coefficient (Wildman–Crippen LogP) is 1.35. The van der Waals surface area contributed by atoms with Gasteiger partial charge in [-0.1, -0.05) is 12.1 Å². The minimum Gasteiger partial charge on any atom is -0.478 e. The van der Waals surface area contributed by atoms with Gasteiger partial charge >= 0.3 is 5.97 Å². The monoisotopic (exact) mass is 329 g/mol. The zero-order valence-electron chi connectivity index (χ0n) is 13.4. The first-order valence-electron chi connectivity index (χ1n) is 7.75. The molecule has 1 saturated heterocycles. The smallest absolute Gasteiger partial charge is 0.335 e. The molecule has 2 heterocycles. The number of rotatable bonds is 4. The number of carboxylic acids is 1. The third kappa shape index (κ3) is 3.87. The summed E-state index contributed by atoms with van der Waals surface area (Å²) in [6, 6.07) is 8.39. The fourth-order valence-electron chi connectivity index (χ4n) is 2.85. The van der Waals surface area contributed by atoms with E-state index in [1.807, 2.05) is 6.07 Å². The maximum atomic E-state index is 11.6. The molecule has 7 heteroatoms. The Hall–Kier alpha value is -2.51. The van der Waals surface area contributed by atoms with E-state index in [1.165, 1.54) is 6.07 Å². The molecule has 126 valence electrons. The van der Waals surface area contributed by atoms with E-state index >= 15 is 0 Å². The molecule has 0 bridgehead atoms. The van der Waals surface area contributed by atoms with E-state index < -0.39 is 5.97 Å². The number of morpholine rings is 1. The van der Waals surface area contributed by atoms with Crippen molar-refractivity contribution in [3.05, 3.63) is 63.3 Å². The average molecular weight is 329 g/mol. The van der Waals surface area contributed by atoms with Crippen LogP contribution in [0.3, 0.4) is 0 Å². The first kappa shape index (κ1) is 16.4. The standard InChI is InChI=1S/C17H19N3O4/c1-11-18-14(8-16(21)19-11)15-10-20(5-6-24-15)9-12-3-2-4-13(7-12)17(22)23/h2-4,7-8,15H,5-6,9-10H2,1H3,(H,22,23)(H,18,19,21)/t15-/m1/s1. The van der Waals surface area contributed by atoms with Crippen LogP contribution in [0.2, 0.25) is 0 Å². The SMILES string of the molecule is Cc1nc([C@H]2CN(Cc3cccc(C(=O)O)c3)CCO2)cc(=O)[nH]1. The second-order valence-corrected chi connectivity index (χ2v) is 5.86. The zero-order valence-corrected chi connectivity index (χ0v) is 13.4. The highest BCUT2D eigenvalue weighted by Crippen LogP contribution is 2.21. The van der Waals surface area contributed by atoms with Crippen LogP contribution in [0, 0.1) is 6.92 Å². The number of hydrogen-bond acceptors (Lipinski definition) is 5. The molecule has 1 aromatic heterocycles. The maximum Gasteiger partial charge on any atom is 0.335 e. The van der Waals surface area contributed by atoms with Crippen LogP contribution >= 0.6 is 0 Å². The summed E-state index contributed by atoms with van der Waals surface area (Å²) < 4.78 is 5.75. The second-order valence-electron chi connectivity index (χ2n) is 5.86. The van der Waals surface area contributed by atoms with Crippen LogP contribution in [0.4, 0.5) is 0 Å². The lowest BCUT2D eigenvalue weighted by Crippen LogP contribution is -2.38. The van der Waals surface area contributed by atoms with Crippen LogP contribution in [0.25, 0.3) is 0 Å². The molecular weight excluding hydrogens is 310 g/mol. The molecule has 1 aliphatic rings. The number of ether oxygens (including phenoxy) is 1. The number of carbonyl (C=O) groups is 1. The molecule has 7 nitrogen and oxygen atoms in total. The third-order valence-electron chi connectivity index (χ3n) is 3.94. The molecule has 0 unspecified atom stereocenters. The Balaban J connectivity index is 1.73. The van der Waals surface area contributed by atoms with Crippen molar-refractivity contribution in [3.8, 4) is 0 Å². The molecular formula is C17H19N3O4. The van der Waals surface area contributed by atoms with Crippen LogP contribution in [0.5, 0.6) is 0 Å². The Kier molecular flexibility index (Phi) is 4.73. The molecule has 0 saturated carbocycles. The van der Waals surface area contributed by atoms with Gasteiger partial charge in [-0.25, -0.2) is 9.78 Å². The van der Waals surface area contributed by atoms with Crippen LogP contribution in [0.15, 0.2) is 35.1 Å². The number of aromatic carboxylic acids is 1. The van der Waals surface area contributed by atoms with E-state index in [0.29, 0.717) is 31.2 Å². The Morgan fingerprint density at radius 2 is 2.29 bits per heavy atom. The van der Waals surface area contributed by atoms with Gasteiger partial charge < -0.3 is 14.8 Å². The number of aromatic amines is 1. The highest BCUT2D eigenvalue weighted by Gasteiger charge is 2.24. The first-order chi connectivity index (χ1) is 11.5. The number of benzene rings is 1. The number of H-pyrrole nitrogens is 1. The zero-order chi connectivity index (χ0) is 17.1. The molecule has 24 heavy (non-hydrogen) atoms. The number of hydrogen-bond donors (Lipinski definition) is 2. The lowest BCUT2D eigenvalue weighted by atomic mass is 10.1. The van der Waals surface area contributed by atoms with Crippen molar-refractivity contribution < 1.29 is 14.6 Å². The molecule has 1 fully saturated rings. The van der Waals surface area contributed by atoms with Gasteiger partial charge in [-0.05, 0) is 24.6 Å². The largest absolute Gasteiger partial charge is 0.478 e. The van der Waals surface area contributed by atoms with Crippen molar-refractivity contribution in [2.45, 2.75) is 19.6 Å². The highest BCUT2D eigenvalue weighted by molar-refractivity contribution is 5.87. The van der Waals surface area contributed by atoms with Gasteiger partial charge in [0.1, 0.15) is 11.9 Å². The number of carboxylic acid groups (broad SMARTS) is 1. The summed E-state index contributed by atoms with van der Waals surface area (Å²) in [5, 5.41) is 9.08. The normalized spacial score (nSPS) is 18.5. The Bertz CT molecular complexity index is 802. The van der Waals surface area contributed by atoms with E-state index in [-0.39, 0.29) is 17.2 Å². The number of aromatic nitrogens is 2. The van der Waals surface area contributed by atoms with Crippen molar-refractivity contribution >= 4 is 5.97 Å². The molecule has 1 aromatic carbocycles. The molecule has 0 spiro atoms. The van der Waals surface area contributed by atoms with E-state index in [4.69, 9.17) is 9.84 Å². The molecule has 1 aliphatic heterocycles. The molecule has 0 aliphatic carbocycles. The van der Waals surface area contributed by atoms with Crippen molar-refractivity contribution in [3.63, 3.8) is 0 Å². The third-order valence-corrected chi connectivity index (χ3v) is 3.94. The van der Waals surface area contributed by atoms with Crippen molar-refractivity contribution in [2.75, 3.05) is 19.7 Å². The lowest BCUT2D eigenvalue weighted by molar-refractivity contribution is -0.0351. The minimum absolute atomic E-state index is 0.188. The van der Waals surface area contributed by atoms with E-state index in [2.05, 4.69) is 14.9 Å². The summed E-state index contributed by atoms with van der Waals surface area (Å²) in [5.74, 6) is -0.368. The van der Waals surface area contributed by atoms with Crippen LogP contribution < -0.4 is 5.56 Å². The van der Waals surface area contributed by atoms with Crippen LogP contribution in [-0.2, 0) is 11.3 Å². The number of nitrogens with one attached hydrogen (secondary N) is 1. The second kappa shape index (κ2) is 6.94. The molecule has 0 amide bonds. The molecule has 2 aromatic rings. The van der Waals surface area contributed by atoms with E-state index in [9.17, 15) is 9.59 Å². The number of aryl methyl sites for hydroxylation is 1. The topological polar surface area (TPSA) is 95.5 Å². The summed E-state index contributed by atoms with van der Waals surface area (Å²) in [6.45, 7) is 4.26. The van der Waals surface area contributed by atoms with Gasteiger partial charge in [0, 0.05) is 25.7 Å². The van der Waals surface area contributed by atoms with Gasteiger partial charge in [-0.3, -0.25) is 9.69 Å². The van der Waals surface area contributed by atoms with Gasteiger partial charge in [0.05, 0.1) is 17.9 Å². The predicted molar refractivity (Wildman–Crippen MR) is 87.0 cm³/mol. The summed E-state index contributed by atoms with van der Waals surface area (Å²) in [6.07, 6.45) is -0.262. The molecule has 1 atom stereocenters. The lowest BCUT2D eigenvalue weighted by Gasteiger charge is -2.32. The molecule has 2 N–H and O–H groups in total. The van der Waals surface area contributed by atoms with Gasteiger partial charge in [-0.15, -0.1) is 0 Å². The van der Waals surface area contributed by atoms with Crippen LogP contribution in [0.1, 0.15) is 33.5 Å². The fraction of sp³-hybridized carbons (Fsp3) is 0.353. The van der Waals surface area contributed by atoms with Crippen LogP contribution in [-0.4, -0.2) is 45.6 Å². The Labute approximate surface area is 138 Å². The minimum atomic E-state index is -0.931. The molecule has 3 rings (SSSR count). The summed E-state index contributed by atoms with van der Waals surface area (Å²) in [4.78, 5) is 31.8. The molecule has 0 radical (unpaired) electrons. The highest BCUT2D eigenvalue weighted by atomic mass is 16.5. The first-order valence-corrected chi connectivity index (χ1v) is 7.75. The van der Waals surface area contributed by atoms with Gasteiger partial charge in [-0.2, -0.15) is 0 Å². The van der Waals surface area contributed by atoms with E-state index in [0.717, 1.165) is 12.1 Å². The van der Waals surface area contributed by atoms with Gasteiger partial charge in [0.15, 0.2) is 0 Å². The summed E-state index contributed by atoms with van der Waals surface area (Å²) in [5.41, 5.74) is 1.66. The summed E-state index contributed by atoms with van der Waals surface area (Å²) >= 11 is 0.